The van der Waals surface area contributed by atoms with E-state index in [2.05, 4.69) is 4.72 Å². The van der Waals surface area contributed by atoms with Gasteiger partial charge in [-0.25, -0.2) is 13.1 Å². The Bertz CT molecular complexity index is 1080. The van der Waals surface area contributed by atoms with Gasteiger partial charge in [0.05, 0.1) is 25.2 Å². The van der Waals surface area contributed by atoms with Crippen molar-refractivity contribution in [3.63, 3.8) is 0 Å². The molecule has 2 aliphatic rings. The Morgan fingerprint density at radius 2 is 1.85 bits per heavy atom. The van der Waals surface area contributed by atoms with E-state index in [0.29, 0.717) is 30.2 Å². The first kappa shape index (κ1) is 23.5. The predicted octanol–water partition coefficient (Wildman–Crippen LogP) is 2.97. The number of nitrogens with one attached hydrogen (secondary N) is 1. The van der Waals surface area contributed by atoms with Crippen LogP contribution in [0, 0.1) is 0 Å². The smallest absolute Gasteiger partial charge is 0.254 e. The lowest BCUT2D eigenvalue weighted by Crippen LogP contribution is -2.33. The van der Waals surface area contributed by atoms with Gasteiger partial charge in [0.1, 0.15) is 11.5 Å². The van der Waals surface area contributed by atoms with Crippen LogP contribution in [0.3, 0.4) is 0 Å². The molecule has 8 nitrogen and oxygen atoms in total. The summed E-state index contributed by atoms with van der Waals surface area (Å²) in [5, 5.41) is 0. The maximum Gasteiger partial charge on any atom is 0.254 e. The van der Waals surface area contributed by atoms with Gasteiger partial charge < -0.3 is 19.1 Å². The number of carbonyl (C=O) groups excluding carboxylic acids is 1. The van der Waals surface area contributed by atoms with E-state index in [4.69, 9.17) is 14.2 Å². The number of rotatable bonds is 10. The molecule has 0 radical (unpaired) electrons. The third-order valence-electron chi connectivity index (χ3n) is 6.02. The molecule has 0 bridgehead atoms. The fraction of sp³-hybridized carbons (Fsp3) is 0.458. The number of amides is 1. The molecular formula is C24H30N2O6S. The second kappa shape index (κ2) is 10.1. The van der Waals surface area contributed by atoms with Crippen LogP contribution in [0.1, 0.15) is 41.6 Å². The number of sulfonamides is 1. The monoisotopic (exact) mass is 474 g/mol. The molecule has 4 rings (SSSR count). The van der Waals surface area contributed by atoms with Crippen LogP contribution in [0.2, 0.25) is 0 Å². The topological polar surface area (TPSA) is 94.2 Å². The summed E-state index contributed by atoms with van der Waals surface area (Å²) in [4.78, 5) is 15.2. The molecule has 1 heterocycles. The highest BCUT2D eigenvalue weighted by atomic mass is 32.2. The Kier molecular flexibility index (Phi) is 7.21. The van der Waals surface area contributed by atoms with Gasteiger partial charge in [0, 0.05) is 42.9 Å². The summed E-state index contributed by atoms with van der Waals surface area (Å²) in [6, 6.07) is 11.8. The van der Waals surface area contributed by atoms with Crippen molar-refractivity contribution >= 4 is 15.9 Å². The van der Waals surface area contributed by atoms with Gasteiger partial charge in [0.15, 0.2) is 0 Å². The Hall–Kier alpha value is -2.62. The van der Waals surface area contributed by atoms with Gasteiger partial charge in [-0.05, 0) is 62.1 Å². The van der Waals surface area contributed by atoms with Crippen LogP contribution in [0.25, 0.3) is 0 Å². The Balaban J connectivity index is 1.47. The average Bonchev–Trinajstić information content (AvgIpc) is 3.54. The van der Waals surface area contributed by atoms with Crippen LogP contribution in [0.15, 0.2) is 47.4 Å². The van der Waals surface area contributed by atoms with E-state index in [-0.39, 0.29) is 29.5 Å². The molecule has 2 aromatic carbocycles. The van der Waals surface area contributed by atoms with Gasteiger partial charge in [-0.3, -0.25) is 4.79 Å². The molecule has 9 heteroatoms. The first-order valence-electron chi connectivity index (χ1n) is 11.1. The molecule has 1 amide bonds. The van der Waals surface area contributed by atoms with E-state index in [1.807, 2.05) is 17.0 Å². The van der Waals surface area contributed by atoms with Crippen molar-refractivity contribution in [1.82, 2.24) is 9.62 Å². The average molecular weight is 475 g/mol. The van der Waals surface area contributed by atoms with Crippen LogP contribution in [-0.4, -0.2) is 58.7 Å². The standard InChI is InChI=1S/C24H30N2O6S/c1-30-20-10-5-18(23(14-20)31-2)16-26(19-8-9-19)24(27)17-6-11-22(12-7-17)33(28,29)25-15-21-4-3-13-32-21/h5-7,10-12,14,19,21,25H,3-4,8-9,13,15-16H2,1-2H3. The van der Waals surface area contributed by atoms with Crippen LogP contribution in [-0.2, 0) is 21.3 Å². The molecular weight excluding hydrogens is 444 g/mol. The van der Waals surface area contributed by atoms with E-state index in [0.717, 1.165) is 31.2 Å². The summed E-state index contributed by atoms with van der Waals surface area (Å²) in [6.07, 6.45) is 3.62. The van der Waals surface area contributed by atoms with Crippen molar-refractivity contribution in [2.45, 2.75) is 49.3 Å². The Morgan fingerprint density at radius 1 is 1.09 bits per heavy atom. The third kappa shape index (κ3) is 5.66. The molecule has 1 aliphatic carbocycles. The second-order valence-electron chi connectivity index (χ2n) is 8.35. The largest absolute Gasteiger partial charge is 0.497 e. The lowest BCUT2D eigenvalue weighted by atomic mass is 10.1. The fourth-order valence-electron chi connectivity index (χ4n) is 3.95. The van der Waals surface area contributed by atoms with Crippen molar-refractivity contribution in [2.24, 2.45) is 0 Å². The van der Waals surface area contributed by atoms with E-state index >= 15 is 0 Å². The number of nitrogens with zero attached hydrogens (tertiary/aromatic N) is 1. The first-order valence-corrected chi connectivity index (χ1v) is 12.6. The summed E-state index contributed by atoms with van der Waals surface area (Å²) in [5.74, 6) is 1.21. The molecule has 1 aliphatic heterocycles. The van der Waals surface area contributed by atoms with Gasteiger partial charge >= 0.3 is 0 Å². The normalized spacial score (nSPS) is 18.2. The Morgan fingerprint density at radius 3 is 2.45 bits per heavy atom. The lowest BCUT2D eigenvalue weighted by Gasteiger charge is -2.24. The minimum atomic E-state index is -3.66. The van der Waals surface area contributed by atoms with Crippen molar-refractivity contribution in [2.75, 3.05) is 27.4 Å². The number of benzene rings is 2. The number of carbonyl (C=O) groups is 1. The van der Waals surface area contributed by atoms with Crippen LogP contribution >= 0.6 is 0 Å². The fourth-order valence-corrected chi connectivity index (χ4v) is 5.02. The number of methoxy groups -OCH3 is 2. The molecule has 1 atom stereocenters. The lowest BCUT2D eigenvalue weighted by molar-refractivity contribution is 0.0728. The van der Waals surface area contributed by atoms with Gasteiger partial charge in [-0.1, -0.05) is 0 Å². The molecule has 1 N–H and O–H groups in total. The number of ether oxygens (including phenoxy) is 3. The minimum Gasteiger partial charge on any atom is -0.497 e. The van der Waals surface area contributed by atoms with Gasteiger partial charge in [-0.15, -0.1) is 0 Å². The van der Waals surface area contributed by atoms with Crippen molar-refractivity contribution in [3.05, 3.63) is 53.6 Å². The summed E-state index contributed by atoms with van der Waals surface area (Å²) >= 11 is 0. The quantitative estimate of drug-likeness (QED) is 0.569. The highest BCUT2D eigenvalue weighted by molar-refractivity contribution is 7.89. The maximum absolute atomic E-state index is 13.3. The SMILES string of the molecule is COc1ccc(CN(C(=O)c2ccc(S(=O)(=O)NCC3CCCO3)cc2)C2CC2)c(OC)c1. The molecule has 0 aromatic heterocycles. The predicted molar refractivity (Wildman–Crippen MR) is 123 cm³/mol. The summed E-state index contributed by atoms with van der Waals surface area (Å²) in [6.45, 7) is 1.32. The van der Waals surface area contributed by atoms with Crippen molar-refractivity contribution in [1.29, 1.82) is 0 Å². The number of hydrogen-bond acceptors (Lipinski definition) is 6. The second-order valence-corrected chi connectivity index (χ2v) is 10.1. The zero-order valence-corrected chi connectivity index (χ0v) is 19.8. The van der Waals surface area contributed by atoms with Crippen LogP contribution in [0.4, 0.5) is 0 Å². The van der Waals surface area contributed by atoms with E-state index < -0.39 is 10.0 Å². The molecule has 2 fully saturated rings. The van der Waals surface area contributed by atoms with Crippen molar-refractivity contribution < 1.29 is 27.4 Å². The highest BCUT2D eigenvalue weighted by Crippen LogP contribution is 2.33. The molecule has 1 saturated heterocycles. The van der Waals surface area contributed by atoms with Gasteiger partial charge in [0.25, 0.3) is 5.91 Å². The van der Waals surface area contributed by atoms with E-state index in [1.165, 1.54) is 12.1 Å². The maximum atomic E-state index is 13.3. The van der Waals surface area contributed by atoms with E-state index in [9.17, 15) is 13.2 Å². The molecule has 0 spiro atoms. The first-order chi connectivity index (χ1) is 15.9. The molecule has 33 heavy (non-hydrogen) atoms. The summed E-state index contributed by atoms with van der Waals surface area (Å²) in [5.41, 5.74) is 1.34. The summed E-state index contributed by atoms with van der Waals surface area (Å²) in [7, 11) is -0.477. The molecule has 2 aromatic rings. The van der Waals surface area contributed by atoms with Crippen LogP contribution < -0.4 is 14.2 Å². The van der Waals surface area contributed by atoms with Crippen molar-refractivity contribution in [3.8, 4) is 11.5 Å². The molecule has 1 saturated carbocycles. The summed E-state index contributed by atoms with van der Waals surface area (Å²) < 4.78 is 44.0. The molecule has 1 unspecified atom stereocenters. The zero-order chi connectivity index (χ0) is 23.4. The zero-order valence-electron chi connectivity index (χ0n) is 19.0. The minimum absolute atomic E-state index is 0.0809. The number of hydrogen-bond donors (Lipinski definition) is 1. The van der Waals surface area contributed by atoms with Gasteiger partial charge in [0.2, 0.25) is 10.0 Å². The Labute approximate surface area is 194 Å². The molecule has 178 valence electrons. The highest BCUT2D eigenvalue weighted by Gasteiger charge is 2.34. The third-order valence-corrected chi connectivity index (χ3v) is 7.46. The van der Waals surface area contributed by atoms with Gasteiger partial charge in [-0.2, -0.15) is 0 Å². The van der Waals surface area contributed by atoms with Crippen LogP contribution in [0.5, 0.6) is 11.5 Å². The van der Waals surface area contributed by atoms with E-state index in [1.54, 1.807) is 32.4 Å².